The van der Waals surface area contributed by atoms with Crippen molar-refractivity contribution in [3.05, 3.63) is 0 Å². The smallest absolute Gasteiger partial charge is 1.00 e. The van der Waals surface area contributed by atoms with E-state index in [9.17, 15) is 0 Å². The molecule has 0 fully saturated rings. The van der Waals surface area contributed by atoms with E-state index in [-0.39, 0.29) is 137 Å². The molecular formula is H12CaNi5. The Hall–Kier alpha value is 3.73. The Morgan fingerprint density at radius 3 is 0.500 bits per heavy atom. The van der Waals surface area contributed by atoms with Crippen molar-refractivity contribution in [3.8, 4) is 0 Å². The van der Waals surface area contributed by atoms with Gasteiger partial charge in [-0.15, -0.1) is 0 Å². The van der Waals surface area contributed by atoms with E-state index in [1.165, 1.54) is 0 Å². The molecule has 0 N–H and O–H groups in total. The molecule has 0 radical (unpaired) electrons. The van der Waals surface area contributed by atoms with Gasteiger partial charge in [0.15, 0.2) is 0 Å². The van der Waals surface area contributed by atoms with Crippen molar-refractivity contribution < 1.29 is 99.6 Å². The molecule has 0 atom stereocenters. The topological polar surface area (TPSA) is 0 Å². The molecular weight excluding hydrogens is 334 g/mol. The minimum absolute atomic E-state index is 0. The fourth-order valence-corrected chi connectivity index (χ4v) is 0. The molecule has 0 aromatic heterocycles. The van der Waals surface area contributed by atoms with Gasteiger partial charge in [-0.2, -0.15) is 0 Å². The molecule has 0 heterocycles. The average Bonchev–Trinajstić information content (AvgIpc) is 0. The average molecular weight is 346 g/mol. The van der Waals surface area contributed by atoms with Crippen molar-refractivity contribution in [1.82, 2.24) is 0 Å². The van der Waals surface area contributed by atoms with E-state index in [1.54, 1.807) is 0 Å². The molecule has 0 aliphatic rings. The third kappa shape index (κ3) is 25.2. The second-order valence-electron chi connectivity index (χ2n) is 0. The third-order valence-corrected chi connectivity index (χ3v) is 0. The van der Waals surface area contributed by atoms with Crippen LogP contribution in [0.25, 0.3) is 0 Å². The van der Waals surface area contributed by atoms with Crippen LogP contribution in [0.5, 0.6) is 0 Å². The van der Waals surface area contributed by atoms with Crippen LogP contribution in [0.1, 0.15) is 17.1 Å². The van der Waals surface area contributed by atoms with Crippen molar-refractivity contribution in [2.75, 3.05) is 0 Å². The molecule has 0 amide bonds. The molecule has 0 spiro atoms. The van der Waals surface area contributed by atoms with E-state index in [4.69, 9.17) is 0 Å². The SMILES string of the molecule is [Ca+2].[H-].[H-].[H-].[H-].[H-].[H-].[H-].[H-].[H-].[H-].[H-].[H-].[Ni+2].[Ni+2].[Ni+2].[Ni+2].[Ni+2]. The molecule has 0 aliphatic heterocycles. The van der Waals surface area contributed by atoms with E-state index in [1.807, 2.05) is 0 Å². The summed E-state index contributed by atoms with van der Waals surface area (Å²) >= 11 is 0. The Balaban J connectivity index is 0. The molecule has 6 heavy (non-hydrogen) atoms. The fourth-order valence-electron chi connectivity index (χ4n) is 0. The zero-order valence-electron chi connectivity index (χ0n) is 14.3. The quantitative estimate of drug-likeness (QED) is 0.574. The molecule has 0 rings (SSSR count). The summed E-state index contributed by atoms with van der Waals surface area (Å²) in [4.78, 5) is 0. The minimum atomic E-state index is 0. The zero-order chi connectivity index (χ0) is 0. The molecule has 0 saturated heterocycles. The molecule has 0 saturated carbocycles. The fraction of sp³-hybridized carbons (Fsp3) is 0. The van der Waals surface area contributed by atoms with Gasteiger partial charge in [0.05, 0.1) is 0 Å². The van der Waals surface area contributed by atoms with Crippen LogP contribution in [-0.4, -0.2) is 37.7 Å². The van der Waals surface area contributed by atoms with Crippen molar-refractivity contribution in [2.24, 2.45) is 0 Å². The third-order valence-electron chi connectivity index (χ3n) is 0. The Morgan fingerprint density at radius 2 is 0.500 bits per heavy atom. The van der Waals surface area contributed by atoms with E-state index >= 15 is 0 Å². The Labute approximate surface area is 136 Å². The monoisotopic (exact) mass is 342 g/mol. The first-order chi connectivity index (χ1) is 0. The van der Waals surface area contributed by atoms with Crippen molar-refractivity contribution in [2.45, 2.75) is 0 Å². The van der Waals surface area contributed by atoms with Gasteiger partial charge in [0, 0.05) is 0 Å². The van der Waals surface area contributed by atoms with Crippen LogP contribution in [0.3, 0.4) is 0 Å². The van der Waals surface area contributed by atoms with Crippen LogP contribution in [0, 0.1) is 0 Å². The molecule has 64 valence electrons. The molecule has 0 aromatic rings. The van der Waals surface area contributed by atoms with Crippen molar-refractivity contribution in [1.29, 1.82) is 0 Å². The van der Waals surface area contributed by atoms with Crippen LogP contribution in [0.2, 0.25) is 0 Å². The van der Waals surface area contributed by atoms with Gasteiger partial charge in [-0.05, 0) is 0 Å². The summed E-state index contributed by atoms with van der Waals surface area (Å²) < 4.78 is 0. The predicted octanol–water partition coefficient (Wildman–Crippen LogP) is 0.957. The largest absolute Gasteiger partial charge is 2.00 e. The second kappa shape index (κ2) is 37.5. The maximum atomic E-state index is 0. The van der Waals surface area contributed by atoms with Gasteiger partial charge < -0.3 is 17.1 Å². The van der Waals surface area contributed by atoms with Gasteiger partial charge >= 0.3 is 120 Å². The molecule has 0 aromatic carbocycles. The molecule has 0 bridgehead atoms. The van der Waals surface area contributed by atoms with Crippen LogP contribution in [0.15, 0.2) is 0 Å². The summed E-state index contributed by atoms with van der Waals surface area (Å²) in [6.45, 7) is 0. The van der Waals surface area contributed by atoms with E-state index < -0.39 is 0 Å². The van der Waals surface area contributed by atoms with Crippen LogP contribution in [0.4, 0.5) is 0 Å². The number of rotatable bonds is 0. The normalized spacial score (nSPS) is 0. The van der Waals surface area contributed by atoms with Crippen molar-refractivity contribution in [3.63, 3.8) is 0 Å². The first kappa shape index (κ1) is 53.3. The van der Waals surface area contributed by atoms with E-state index in [2.05, 4.69) is 0 Å². The van der Waals surface area contributed by atoms with Gasteiger partial charge in [0.2, 0.25) is 0 Å². The van der Waals surface area contributed by atoms with Gasteiger partial charge in [-0.1, -0.05) is 0 Å². The summed E-state index contributed by atoms with van der Waals surface area (Å²) in [6, 6.07) is 0. The summed E-state index contributed by atoms with van der Waals surface area (Å²) in [5, 5.41) is 0. The van der Waals surface area contributed by atoms with Crippen LogP contribution in [-0.2, 0) is 82.5 Å². The molecule has 0 unspecified atom stereocenters. The van der Waals surface area contributed by atoms with Gasteiger partial charge in [-0.25, -0.2) is 0 Å². The summed E-state index contributed by atoms with van der Waals surface area (Å²) in [7, 11) is 0. The summed E-state index contributed by atoms with van der Waals surface area (Å²) in [6.07, 6.45) is 0. The number of hydrogen-bond acceptors (Lipinski definition) is 0. The first-order valence-corrected chi connectivity index (χ1v) is 0. The molecule has 0 nitrogen and oxygen atoms in total. The van der Waals surface area contributed by atoms with E-state index in [0.29, 0.717) is 0 Å². The van der Waals surface area contributed by atoms with Gasteiger partial charge in [0.1, 0.15) is 0 Å². The van der Waals surface area contributed by atoms with Gasteiger partial charge in [-0.3, -0.25) is 0 Å². The Bertz CT molecular complexity index is 20.4. The van der Waals surface area contributed by atoms with E-state index in [0.717, 1.165) is 0 Å². The van der Waals surface area contributed by atoms with Gasteiger partial charge in [0.25, 0.3) is 0 Å². The minimum Gasteiger partial charge on any atom is -1.00 e. The standard InChI is InChI=1S/Ca.5Ni.12H/q6*+2;12*-1. The van der Waals surface area contributed by atoms with Crippen LogP contribution >= 0.6 is 0 Å². The van der Waals surface area contributed by atoms with Crippen LogP contribution < -0.4 is 0 Å². The predicted molar refractivity (Wildman–Crippen MR) is 19.1 cm³/mol. The molecule has 0 aliphatic carbocycles. The number of hydrogen-bond donors (Lipinski definition) is 0. The molecule has 6 heteroatoms. The summed E-state index contributed by atoms with van der Waals surface area (Å²) in [5.74, 6) is 0. The Morgan fingerprint density at radius 1 is 0.500 bits per heavy atom. The van der Waals surface area contributed by atoms with Crippen molar-refractivity contribution >= 4 is 37.7 Å². The maximum absolute atomic E-state index is 0. The zero-order valence-corrected chi connectivity index (χ0v) is 9.43. The Kier molecular flexibility index (Phi) is 333. The summed E-state index contributed by atoms with van der Waals surface area (Å²) in [5.41, 5.74) is 0. The second-order valence-corrected chi connectivity index (χ2v) is 0. The maximum Gasteiger partial charge on any atom is 2.00 e. The first-order valence-electron chi connectivity index (χ1n) is 0.